The van der Waals surface area contributed by atoms with Gasteiger partial charge in [0.2, 0.25) is 5.88 Å². The van der Waals surface area contributed by atoms with Crippen molar-refractivity contribution in [1.29, 1.82) is 0 Å². The molecule has 1 unspecified atom stereocenters. The van der Waals surface area contributed by atoms with Crippen LogP contribution in [0.2, 0.25) is 0 Å². The molecule has 220 valence electrons. The smallest absolute Gasteiger partial charge is 0.217 e. The minimum atomic E-state index is -0.0416. The van der Waals surface area contributed by atoms with E-state index in [0.29, 0.717) is 5.88 Å². The standard InChI is InChI=1S/C38H40BrN3O/c1-41-20-10-22-42(24-23-41)21-9-8-15-34(31-17-16-28-11-6-7-14-30(28)25-31)37(29-12-4-3-5-13-29)35-27-32-26-33(39)18-19-36(32)40-38(35)43-2/h3-7,11-19,25-27,37H,8-10,20-24H2,1-2H3/b34-15+. The van der Waals surface area contributed by atoms with Crippen LogP contribution in [-0.2, 0) is 0 Å². The third-order valence-corrected chi connectivity index (χ3v) is 9.15. The highest BCUT2D eigenvalue weighted by Crippen LogP contribution is 2.43. The van der Waals surface area contributed by atoms with Crippen LogP contribution in [0.25, 0.3) is 27.2 Å². The summed E-state index contributed by atoms with van der Waals surface area (Å²) in [5, 5.41) is 3.59. The Balaban J connectivity index is 1.45. The van der Waals surface area contributed by atoms with Gasteiger partial charge in [0, 0.05) is 34.4 Å². The molecule has 0 N–H and O–H groups in total. The van der Waals surface area contributed by atoms with Crippen molar-refractivity contribution < 1.29 is 4.74 Å². The highest BCUT2D eigenvalue weighted by Gasteiger charge is 2.26. The zero-order valence-electron chi connectivity index (χ0n) is 25.2. The van der Waals surface area contributed by atoms with Gasteiger partial charge >= 0.3 is 0 Å². The number of pyridine rings is 1. The van der Waals surface area contributed by atoms with Gasteiger partial charge in [-0.25, -0.2) is 4.98 Å². The Labute approximate surface area is 264 Å². The summed E-state index contributed by atoms with van der Waals surface area (Å²) in [6, 6.07) is 34.8. The highest BCUT2D eigenvalue weighted by molar-refractivity contribution is 9.10. The van der Waals surface area contributed by atoms with E-state index in [0.717, 1.165) is 53.4 Å². The van der Waals surface area contributed by atoms with Crippen molar-refractivity contribution in [2.75, 3.05) is 46.9 Å². The van der Waals surface area contributed by atoms with E-state index in [-0.39, 0.29) is 5.92 Å². The third kappa shape index (κ3) is 7.01. The molecule has 6 rings (SSSR count). The normalized spacial score (nSPS) is 15.9. The molecule has 0 spiro atoms. The van der Waals surface area contributed by atoms with Crippen LogP contribution >= 0.6 is 15.9 Å². The first-order valence-electron chi connectivity index (χ1n) is 15.4. The molecule has 1 atom stereocenters. The lowest BCUT2D eigenvalue weighted by molar-refractivity contribution is 0.274. The maximum absolute atomic E-state index is 6.01. The number of unbranched alkanes of at least 4 members (excludes halogenated alkanes) is 1. The first-order valence-corrected chi connectivity index (χ1v) is 16.2. The van der Waals surface area contributed by atoms with Crippen LogP contribution in [0.15, 0.2) is 108 Å². The van der Waals surface area contributed by atoms with Gasteiger partial charge in [-0.1, -0.05) is 88.7 Å². The maximum atomic E-state index is 6.01. The van der Waals surface area contributed by atoms with Crippen LogP contribution in [0, 0.1) is 0 Å². The summed E-state index contributed by atoms with van der Waals surface area (Å²) in [6.07, 6.45) is 5.86. The molecule has 1 aliphatic rings. The van der Waals surface area contributed by atoms with Crippen LogP contribution in [-0.4, -0.2) is 61.7 Å². The fraction of sp³-hybridized carbons (Fsp3) is 0.289. The van der Waals surface area contributed by atoms with E-state index in [2.05, 4.69) is 124 Å². The Bertz CT molecular complexity index is 1720. The Hall–Kier alpha value is -3.51. The first kappa shape index (κ1) is 29.6. The van der Waals surface area contributed by atoms with Crippen LogP contribution in [0.1, 0.15) is 41.9 Å². The molecule has 4 nitrogen and oxygen atoms in total. The van der Waals surface area contributed by atoms with E-state index >= 15 is 0 Å². The molecule has 0 radical (unpaired) electrons. The molecule has 0 aliphatic carbocycles. The fourth-order valence-electron chi connectivity index (χ4n) is 6.36. The predicted octanol–water partition coefficient (Wildman–Crippen LogP) is 8.79. The summed E-state index contributed by atoms with van der Waals surface area (Å²) in [5.74, 6) is 0.629. The number of nitrogens with zero attached hydrogens (tertiary/aromatic N) is 3. The topological polar surface area (TPSA) is 28.6 Å². The van der Waals surface area contributed by atoms with Gasteiger partial charge in [0.25, 0.3) is 0 Å². The van der Waals surface area contributed by atoms with Crippen LogP contribution in [0.3, 0.4) is 0 Å². The largest absolute Gasteiger partial charge is 0.481 e. The lowest BCUT2D eigenvalue weighted by Gasteiger charge is -2.25. The van der Waals surface area contributed by atoms with Crippen LogP contribution in [0.5, 0.6) is 5.88 Å². The van der Waals surface area contributed by atoms with E-state index < -0.39 is 0 Å². The highest BCUT2D eigenvalue weighted by atomic mass is 79.9. The molecule has 1 saturated heterocycles. The SMILES string of the molecule is COc1nc2ccc(Br)cc2cc1C(/C(=C/CCCN1CCCN(C)CC1)c1ccc2ccccc2c1)c1ccccc1. The molecular weight excluding hydrogens is 594 g/mol. The fourth-order valence-corrected chi connectivity index (χ4v) is 6.73. The van der Waals surface area contributed by atoms with E-state index in [1.165, 1.54) is 47.0 Å². The second-order valence-electron chi connectivity index (χ2n) is 11.6. The zero-order chi connectivity index (χ0) is 29.6. The number of allylic oxidation sites excluding steroid dienone is 2. The Morgan fingerprint density at radius 2 is 1.67 bits per heavy atom. The number of fused-ring (bicyclic) bond motifs is 2. The second-order valence-corrected chi connectivity index (χ2v) is 12.5. The molecule has 4 aromatic carbocycles. The predicted molar refractivity (Wildman–Crippen MR) is 184 cm³/mol. The van der Waals surface area contributed by atoms with Gasteiger partial charge in [0.15, 0.2) is 0 Å². The molecule has 1 aromatic heterocycles. The first-order chi connectivity index (χ1) is 21.1. The lowest BCUT2D eigenvalue weighted by atomic mass is 9.80. The zero-order valence-corrected chi connectivity index (χ0v) is 26.8. The summed E-state index contributed by atoms with van der Waals surface area (Å²) >= 11 is 3.67. The average Bonchev–Trinajstić information content (AvgIpc) is 3.25. The summed E-state index contributed by atoms with van der Waals surface area (Å²) in [6.45, 7) is 5.81. The van der Waals surface area contributed by atoms with Crippen molar-refractivity contribution in [2.24, 2.45) is 0 Å². The Kier molecular flexibility index (Phi) is 9.52. The third-order valence-electron chi connectivity index (χ3n) is 8.66. The summed E-state index contributed by atoms with van der Waals surface area (Å²) in [4.78, 5) is 10.1. The van der Waals surface area contributed by atoms with Gasteiger partial charge in [-0.05, 0) is 104 Å². The number of methoxy groups -OCH3 is 1. The number of likely N-dealkylation sites (N-methyl/N-ethyl adjacent to an activating group) is 1. The van der Waals surface area contributed by atoms with Gasteiger partial charge in [0.05, 0.1) is 12.6 Å². The summed E-state index contributed by atoms with van der Waals surface area (Å²) in [7, 11) is 3.97. The van der Waals surface area contributed by atoms with Crippen molar-refractivity contribution in [3.63, 3.8) is 0 Å². The van der Waals surface area contributed by atoms with Crippen LogP contribution < -0.4 is 4.74 Å². The lowest BCUT2D eigenvalue weighted by Crippen LogP contribution is -2.29. The van der Waals surface area contributed by atoms with Gasteiger partial charge < -0.3 is 14.5 Å². The quantitative estimate of drug-likeness (QED) is 0.152. The number of rotatable bonds is 9. The van der Waals surface area contributed by atoms with Crippen molar-refractivity contribution in [1.82, 2.24) is 14.8 Å². The van der Waals surface area contributed by atoms with Gasteiger partial charge in [-0.3, -0.25) is 0 Å². The molecule has 5 aromatic rings. The molecule has 0 bridgehead atoms. The van der Waals surface area contributed by atoms with Crippen LogP contribution in [0.4, 0.5) is 0 Å². The second kappa shape index (κ2) is 13.9. The number of ether oxygens (including phenoxy) is 1. The van der Waals surface area contributed by atoms with E-state index in [1.807, 2.05) is 12.1 Å². The number of halogens is 1. The van der Waals surface area contributed by atoms with E-state index in [9.17, 15) is 0 Å². The Morgan fingerprint density at radius 3 is 2.51 bits per heavy atom. The number of hydrogen-bond acceptors (Lipinski definition) is 4. The van der Waals surface area contributed by atoms with Gasteiger partial charge in [-0.2, -0.15) is 0 Å². The van der Waals surface area contributed by atoms with Crippen molar-refractivity contribution in [3.05, 3.63) is 124 Å². The van der Waals surface area contributed by atoms with Crippen molar-refractivity contribution in [3.8, 4) is 5.88 Å². The summed E-state index contributed by atoms with van der Waals surface area (Å²) < 4.78 is 7.05. The monoisotopic (exact) mass is 633 g/mol. The number of aromatic nitrogens is 1. The number of benzene rings is 4. The van der Waals surface area contributed by atoms with Crippen molar-refractivity contribution in [2.45, 2.75) is 25.2 Å². The molecule has 1 fully saturated rings. The maximum Gasteiger partial charge on any atom is 0.217 e. The molecule has 0 amide bonds. The average molecular weight is 635 g/mol. The minimum Gasteiger partial charge on any atom is -0.481 e. The van der Waals surface area contributed by atoms with Gasteiger partial charge in [0.1, 0.15) is 0 Å². The molecule has 1 aliphatic heterocycles. The summed E-state index contributed by atoms with van der Waals surface area (Å²) in [5.41, 5.74) is 5.76. The van der Waals surface area contributed by atoms with Crippen molar-refractivity contribution >= 4 is 43.2 Å². The van der Waals surface area contributed by atoms with E-state index in [4.69, 9.17) is 9.72 Å². The van der Waals surface area contributed by atoms with E-state index in [1.54, 1.807) is 7.11 Å². The molecule has 2 heterocycles. The number of hydrogen-bond donors (Lipinski definition) is 0. The molecule has 43 heavy (non-hydrogen) atoms. The molecule has 5 heteroatoms. The minimum absolute atomic E-state index is 0.0416. The Morgan fingerprint density at radius 1 is 0.860 bits per heavy atom. The van der Waals surface area contributed by atoms with Gasteiger partial charge in [-0.15, -0.1) is 0 Å². The molecular formula is C38H40BrN3O. The molecule has 0 saturated carbocycles.